The zero-order valence-electron chi connectivity index (χ0n) is 18.8. The molecular weight excluding hydrogens is 452 g/mol. The van der Waals surface area contributed by atoms with Crippen LogP contribution < -0.4 is 5.32 Å². The van der Waals surface area contributed by atoms with Gasteiger partial charge < -0.3 is 5.32 Å². The highest BCUT2D eigenvalue weighted by Gasteiger charge is 2.30. The maximum atomic E-state index is 13.9. The van der Waals surface area contributed by atoms with Crippen LogP contribution in [0.15, 0.2) is 66.9 Å². The molecule has 1 fully saturated rings. The fraction of sp³-hybridized carbons (Fsp3) is 0.259. The molecule has 0 unspecified atom stereocenters. The molecule has 0 amide bonds. The Bertz CT molecular complexity index is 1310. The smallest absolute Gasteiger partial charge is 0.173 e. The van der Waals surface area contributed by atoms with E-state index < -0.39 is 11.6 Å². The quantitative estimate of drug-likeness (QED) is 0.344. The van der Waals surface area contributed by atoms with Crippen LogP contribution in [0.3, 0.4) is 0 Å². The number of carbonyl (C=O) groups is 1. The maximum absolute atomic E-state index is 13.9. The average Bonchev–Trinajstić information content (AvgIpc) is 3.48. The molecule has 2 atom stereocenters. The molecule has 34 heavy (non-hydrogen) atoms. The van der Waals surface area contributed by atoms with Crippen molar-refractivity contribution in [3.8, 4) is 21.7 Å². The van der Waals surface area contributed by atoms with Crippen molar-refractivity contribution in [3.63, 3.8) is 0 Å². The number of nitrogens with one attached hydrogen (secondary N) is 1. The molecule has 0 bridgehead atoms. The van der Waals surface area contributed by atoms with Crippen LogP contribution in [-0.4, -0.2) is 28.7 Å². The summed E-state index contributed by atoms with van der Waals surface area (Å²) < 4.78 is 29.1. The van der Waals surface area contributed by atoms with Gasteiger partial charge in [0.1, 0.15) is 0 Å². The second-order valence-corrected chi connectivity index (χ2v) is 9.80. The number of ketones is 1. The van der Waals surface area contributed by atoms with Crippen LogP contribution in [0.5, 0.6) is 0 Å². The average molecular weight is 478 g/mol. The number of rotatable bonds is 6. The summed E-state index contributed by atoms with van der Waals surface area (Å²) >= 11 is 1.47. The topological polar surface area (TPSA) is 46.9 Å². The molecule has 174 valence electrons. The fourth-order valence-corrected chi connectivity index (χ4v) is 5.88. The van der Waals surface area contributed by atoms with E-state index in [1.54, 1.807) is 6.07 Å². The number of nitrogens with zero attached hydrogens (tertiary/aromatic N) is 2. The Balaban J connectivity index is 1.37. The second-order valence-electron chi connectivity index (χ2n) is 8.72. The highest BCUT2D eigenvalue weighted by Crippen LogP contribution is 2.38. The minimum atomic E-state index is -0.846. The molecule has 4 nitrogen and oxygen atoms in total. The van der Waals surface area contributed by atoms with Crippen LogP contribution >= 0.6 is 11.3 Å². The Labute approximate surface area is 201 Å². The molecule has 1 saturated heterocycles. The van der Waals surface area contributed by atoms with Gasteiger partial charge in [-0.05, 0) is 66.7 Å². The van der Waals surface area contributed by atoms with Gasteiger partial charge in [0.2, 0.25) is 0 Å². The van der Waals surface area contributed by atoms with Gasteiger partial charge in [-0.25, -0.2) is 8.78 Å². The first kappa shape index (κ1) is 22.6. The largest absolute Gasteiger partial charge is 0.316 e. The van der Waals surface area contributed by atoms with Gasteiger partial charge >= 0.3 is 0 Å². The normalized spacial score (nSPS) is 18.2. The van der Waals surface area contributed by atoms with Gasteiger partial charge in [0, 0.05) is 19.0 Å². The Hall–Kier alpha value is -3.16. The zero-order chi connectivity index (χ0) is 23.7. The molecule has 5 rings (SSSR count). The predicted octanol–water partition coefficient (Wildman–Crippen LogP) is 6.06. The van der Waals surface area contributed by atoms with Gasteiger partial charge in [0.05, 0.1) is 21.6 Å². The molecule has 0 radical (unpaired) electrons. The van der Waals surface area contributed by atoms with Crippen LogP contribution in [0.1, 0.15) is 34.0 Å². The van der Waals surface area contributed by atoms with E-state index in [1.165, 1.54) is 23.5 Å². The van der Waals surface area contributed by atoms with Crippen LogP contribution in [0, 0.1) is 17.6 Å². The first-order valence-electron chi connectivity index (χ1n) is 11.4. The Morgan fingerprint density at radius 3 is 2.74 bits per heavy atom. The van der Waals surface area contributed by atoms with Crippen molar-refractivity contribution in [1.29, 1.82) is 0 Å². The number of benzene rings is 2. The summed E-state index contributed by atoms with van der Waals surface area (Å²) in [5.41, 5.74) is 3.84. The second kappa shape index (κ2) is 9.60. The van der Waals surface area contributed by atoms with Crippen molar-refractivity contribution in [1.82, 2.24) is 15.1 Å². The number of halogens is 2. The number of piperidine rings is 1. The maximum Gasteiger partial charge on any atom is 0.173 e. The van der Waals surface area contributed by atoms with E-state index >= 15 is 0 Å². The van der Waals surface area contributed by atoms with Crippen LogP contribution in [0.4, 0.5) is 8.78 Å². The molecule has 4 aromatic rings. The summed E-state index contributed by atoms with van der Waals surface area (Å²) in [6.45, 7) is 1.47. The molecule has 3 heterocycles. The minimum absolute atomic E-state index is 0.0153. The molecule has 1 aliphatic heterocycles. The number of hydrogen-bond acceptors (Lipinski definition) is 4. The Morgan fingerprint density at radius 1 is 1.12 bits per heavy atom. The van der Waals surface area contributed by atoms with E-state index in [9.17, 15) is 13.6 Å². The third-order valence-corrected chi connectivity index (χ3v) is 7.70. The van der Waals surface area contributed by atoms with Crippen LogP contribution in [0.25, 0.3) is 21.7 Å². The molecular formula is C27H25F2N3OS. The van der Waals surface area contributed by atoms with E-state index in [0.717, 1.165) is 40.2 Å². The third-order valence-electron chi connectivity index (χ3n) is 6.56. The van der Waals surface area contributed by atoms with E-state index in [0.29, 0.717) is 17.8 Å². The first-order chi connectivity index (χ1) is 16.5. The lowest BCUT2D eigenvalue weighted by atomic mass is 9.78. The summed E-state index contributed by atoms with van der Waals surface area (Å²) in [7, 11) is 1.91. The zero-order valence-corrected chi connectivity index (χ0v) is 19.6. The van der Waals surface area contributed by atoms with Gasteiger partial charge in [-0.1, -0.05) is 36.4 Å². The number of Topliss-reactive ketones (excluding diaryl/α,β-unsaturated/α-hetero) is 1. The van der Waals surface area contributed by atoms with Gasteiger partial charge in [-0.2, -0.15) is 5.10 Å². The molecule has 0 aliphatic carbocycles. The molecule has 0 saturated carbocycles. The van der Waals surface area contributed by atoms with Gasteiger partial charge in [0.15, 0.2) is 17.4 Å². The Kier molecular flexibility index (Phi) is 6.39. The molecule has 7 heteroatoms. The van der Waals surface area contributed by atoms with Gasteiger partial charge in [-0.15, -0.1) is 11.3 Å². The van der Waals surface area contributed by atoms with Gasteiger partial charge in [-0.3, -0.25) is 9.48 Å². The van der Waals surface area contributed by atoms with E-state index in [-0.39, 0.29) is 17.6 Å². The Morgan fingerprint density at radius 2 is 1.94 bits per heavy atom. The monoisotopic (exact) mass is 477 g/mol. The van der Waals surface area contributed by atoms with Crippen molar-refractivity contribution < 1.29 is 13.6 Å². The fourth-order valence-electron chi connectivity index (χ4n) is 4.83. The number of thiophene rings is 1. The SMILES string of the molecule is Cn1ncc(-c2ccccc2)c1-c1ccc(C(=O)C[C@@H]2CNCC[C@H]2c2ccc(F)c(F)c2)s1. The highest BCUT2D eigenvalue weighted by molar-refractivity contribution is 7.17. The lowest BCUT2D eigenvalue weighted by Gasteiger charge is -2.32. The van der Waals surface area contributed by atoms with Crippen molar-refractivity contribution in [2.75, 3.05) is 13.1 Å². The summed E-state index contributed by atoms with van der Waals surface area (Å²) in [4.78, 5) is 14.9. The number of carbonyl (C=O) groups excluding carboxylic acids is 1. The minimum Gasteiger partial charge on any atom is -0.316 e. The number of aryl methyl sites for hydroxylation is 1. The number of aromatic nitrogens is 2. The lowest BCUT2D eigenvalue weighted by molar-refractivity contribution is 0.0950. The molecule has 0 spiro atoms. The summed E-state index contributed by atoms with van der Waals surface area (Å²) in [5, 5.41) is 7.80. The van der Waals surface area contributed by atoms with Gasteiger partial charge in [0.25, 0.3) is 0 Å². The standard InChI is InChI=1S/C27H25F2N3OS/c1-32-27(21(16-31-32)17-5-3-2-4-6-17)26-10-9-25(34-26)24(33)14-19-15-30-12-11-20(19)18-7-8-22(28)23(29)13-18/h2-10,13,16,19-20,30H,11-12,14-15H2,1H3/t19-,20+/m1/s1. The predicted molar refractivity (Wildman–Crippen MR) is 131 cm³/mol. The van der Waals surface area contributed by atoms with E-state index in [1.807, 2.05) is 48.3 Å². The van der Waals surface area contributed by atoms with Crippen molar-refractivity contribution in [2.24, 2.45) is 13.0 Å². The summed E-state index contributed by atoms with van der Waals surface area (Å²) in [6, 6.07) is 18.0. The number of hydrogen-bond donors (Lipinski definition) is 1. The van der Waals surface area contributed by atoms with E-state index in [2.05, 4.69) is 22.5 Å². The molecule has 2 aromatic heterocycles. The summed E-state index contributed by atoms with van der Waals surface area (Å²) in [6.07, 6.45) is 2.99. The highest BCUT2D eigenvalue weighted by atomic mass is 32.1. The lowest BCUT2D eigenvalue weighted by Crippen LogP contribution is -2.36. The third kappa shape index (κ3) is 4.45. The van der Waals surface area contributed by atoms with E-state index in [4.69, 9.17) is 0 Å². The van der Waals surface area contributed by atoms with Crippen molar-refractivity contribution in [2.45, 2.75) is 18.8 Å². The molecule has 1 N–H and O–H groups in total. The van der Waals surface area contributed by atoms with Crippen molar-refractivity contribution >= 4 is 17.1 Å². The molecule has 2 aromatic carbocycles. The van der Waals surface area contributed by atoms with Crippen LogP contribution in [-0.2, 0) is 7.05 Å². The van der Waals surface area contributed by atoms with Crippen molar-refractivity contribution in [3.05, 3.63) is 88.9 Å². The first-order valence-corrected chi connectivity index (χ1v) is 12.2. The summed E-state index contributed by atoms with van der Waals surface area (Å²) in [5.74, 6) is -1.58. The molecule has 1 aliphatic rings. The van der Waals surface area contributed by atoms with Crippen LogP contribution in [0.2, 0.25) is 0 Å².